The summed E-state index contributed by atoms with van der Waals surface area (Å²) < 4.78 is 5.84. The molecule has 0 fully saturated rings. The van der Waals surface area contributed by atoms with E-state index in [4.69, 9.17) is 10.5 Å². The maximum absolute atomic E-state index is 5.84. The number of ether oxygens (including phenoxy) is 1. The van der Waals surface area contributed by atoms with Gasteiger partial charge in [0.1, 0.15) is 11.6 Å². The van der Waals surface area contributed by atoms with Crippen LogP contribution in [0.1, 0.15) is 17.7 Å². The highest BCUT2D eigenvalue weighted by Gasteiger charge is 2.16. The Hall–Kier alpha value is -2.03. The molecule has 3 rings (SSSR count). The molecule has 0 saturated heterocycles. The van der Waals surface area contributed by atoms with Gasteiger partial charge >= 0.3 is 0 Å². The van der Waals surface area contributed by atoms with Gasteiger partial charge in [-0.3, -0.25) is 0 Å². The smallest absolute Gasteiger partial charge is 0.130 e. The van der Waals surface area contributed by atoms with Gasteiger partial charge in [0.2, 0.25) is 0 Å². The Bertz CT molecular complexity index is 593. The molecule has 0 radical (unpaired) electrons. The van der Waals surface area contributed by atoms with Crippen LogP contribution in [0.15, 0.2) is 30.3 Å². The molecule has 1 aromatic carbocycles. The van der Waals surface area contributed by atoms with Crippen LogP contribution in [-0.2, 0) is 6.42 Å². The molecule has 0 unspecified atom stereocenters. The molecule has 2 aromatic rings. The van der Waals surface area contributed by atoms with Gasteiger partial charge in [-0.25, -0.2) is 4.98 Å². The second kappa shape index (κ2) is 4.33. The van der Waals surface area contributed by atoms with Gasteiger partial charge < -0.3 is 10.5 Å². The van der Waals surface area contributed by atoms with E-state index in [1.807, 2.05) is 19.1 Å². The fraction of sp³-hybridized carbons (Fsp3) is 0.267. The summed E-state index contributed by atoms with van der Waals surface area (Å²) in [5.74, 6) is 1.57. The molecule has 92 valence electrons. The van der Waals surface area contributed by atoms with Crippen molar-refractivity contribution in [3.05, 3.63) is 41.6 Å². The van der Waals surface area contributed by atoms with E-state index >= 15 is 0 Å². The van der Waals surface area contributed by atoms with Crippen LogP contribution in [0.3, 0.4) is 0 Å². The Morgan fingerprint density at radius 1 is 1.17 bits per heavy atom. The fourth-order valence-corrected chi connectivity index (χ4v) is 2.47. The highest BCUT2D eigenvalue weighted by Crippen LogP contribution is 2.37. The Morgan fingerprint density at radius 2 is 2.06 bits per heavy atom. The average molecular weight is 240 g/mol. The Balaban J connectivity index is 2.17. The molecule has 3 heteroatoms. The summed E-state index contributed by atoms with van der Waals surface area (Å²) in [6.07, 6.45) is 2.18. The quantitative estimate of drug-likeness (QED) is 0.833. The number of benzene rings is 1. The Labute approximate surface area is 107 Å². The third-order valence-corrected chi connectivity index (χ3v) is 3.33. The molecule has 1 aromatic heterocycles. The maximum atomic E-state index is 5.84. The third kappa shape index (κ3) is 1.82. The van der Waals surface area contributed by atoms with Crippen molar-refractivity contribution in [2.75, 3.05) is 12.3 Å². The lowest BCUT2D eigenvalue weighted by atomic mass is 9.97. The molecule has 1 aliphatic rings. The standard InChI is InChI=1S/C15H16N2O/c1-10-12(7-8-14(16)17-10)13-6-2-4-11-5-3-9-18-15(11)13/h2,4,6-8H,3,5,9H2,1H3,(H2,16,17). The number of hydrogen-bond donors (Lipinski definition) is 1. The molecule has 2 heterocycles. The third-order valence-electron chi connectivity index (χ3n) is 3.33. The molecule has 0 aliphatic carbocycles. The first-order valence-electron chi connectivity index (χ1n) is 6.24. The van der Waals surface area contributed by atoms with Crippen molar-refractivity contribution in [2.45, 2.75) is 19.8 Å². The maximum Gasteiger partial charge on any atom is 0.130 e. The molecule has 2 N–H and O–H groups in total. The van der Waals surface area contributed by atoms with Gasteiger partial charge in [-0.2, -0.15) is 0 Å². The lowest BCUT2D eigenvalue weighted by Crippen LogP contribution is -2.09. The lowest BCUT2D eigenvalue weighted by Gasteiger charge is -2.21. The van der Waals surface area contributed by atoms with Crippen molar-refractivity contribution in [3.8, 4) is 16.9 Å². The number of nitrogens with zero attached hydrogens (tertiary/aromatic N) is 1. The van der Waals surface area contributed by atoms with Crippen LogP contribution < -0.4 is 10.5 Å². The zero-order chi connectivity index (χ0) is 12.5. The van der Waals surface area contributed by atoms with Crippen molar-refractivity contribution < 1.29 is 4.74 Å². The predicted molar refractivity (Wildman–Crippen MR) is 72.6 cm³/mol. The SMILES string of the molecule is Cc1nc(N)ccc1-c1cccc2c1OCCC2. The van der Waals surface area contributed by atoms with Gasteiger partial charge in [-0.15, -0.1) is 0 Å². The van der Waals surface area contributed by atoms with E-state index in [0.717, 1.165) is 42.0 Å². The number of rotatable bonds is 1. The summed E-state index contributed by atoms with van der Waals surface area (Å²) in [6.45, 7) is 2.78. The van der Waals surface area contributed by atoms with Crippen LogP contribution in [0.25, 0.3) is 11.1 Å². The summed E-state index contributed by atoms with van der Waals surface area (Å²) in [5.41, 5.74) is 10.2. The summed E-state index contributed by atoms with van der Waals surface area (Å²) in [7, 11) is 0. The number of para-hydroxylation sites is 1. The van der Waals surface area contributed by atoms with Crippen molar-refractivity contribution >= 4 is 5.82 Å². The minimum atomic E-state index is 0.557. The topological polar surface area (TPSA) is 48.1 Å². The van der Waals surface area contributed by atoms with Gasteiger partial charge in [0.25, 0.3) is 0 Å². The average Bonchev–Trinajstić information content (AvgIpc) is 2.38. The minimum Gasteiger partial charge on any atom is -0.493 e. The van der Waals surface area contributed by atoms with E-state index in [1.165, 1.54) is 5.56 Å². The van der Waals surface area contributed by atoms with Crippen LogP contribution in [0, 0.1) is 6.92 Å². The number of anilines is 1. The summed E-state index contributed by atoms with van der Waals surface area (Å²) in [6, 6.07) is 10.2. The predicted octanol–water partition coefficient (Wildman–Crippen LogP) is 2.96. The zero-order valence-corrected chi connectivity index (χ0v) is 10.4. The zero-order valence-electron chi connectivity index (χ0n) is 10.4. The number of nitrogens with two attached hydrogens (primary N) is 1. The molecule has 18 heavy (non-hydrogen) atoms. The Kier molecular flexibility index (Phi) is 2.67. The highest BCUT2D eigenvalue weighted by molar-refractivity contribution is 5.74. The van der Waals surface area contributed by atoms with Crippen molar-refractivity contribution in [3.63, 3.8) is 0 Å². The first kappa shape index (κ1) is 11.1. The number of pyridine rings is 1. The molecule has 0 spiro atoms. The minimum absolute atomic E-state index is 0.557. The van der Waals surface area contributed by atoms with Gasteiger partial charge in [-0.05, 0) is 37.5 Å². The van der Waals surface area contributed by atoms with E-state index in [1.54, 1.807) is 0 Å². The van der Waals surface area contributed by atoms with Gasteiger partial charge in [0.05, 0.1) is 6.61 Å². The Morgan fingerprint density at radius 3 is 2.89 bits per heavy atom. The largest absolute Gasteiger partial charge is 0.493 e. The molecule has 0 bridgehead atoms. The first-order chi connectivity index (χ1) is 8.75. The van der Waals surface area contributed by atoms with E-state index in [0.29, 0.717) is 5.82 Å². The van der Waals surface area contributed by atoms with Crippen LogP contribution >= 0.6 is 0 Å². The van der Waals surface area contributed by atoms with E-state index < -0.39 is 0 Å². The number of aryl methyl sites for hydroxylation is 2. The second-order valence-electron chi connectivity index (χ2n) is 4.61. The van der Waals surface area contributed by atoms with E-state index in [-0.39, 0.29) is 0 Å². The summed E-state index contributed by atoms with van der Waals surface area (Å²) in [5, 5.41) is 0. The van der Waals surface area contributed by atoms with Crippen molar-refractivity contribution in [2.24, 2.45) is 0 Å². The molecule has 0 atom stereocenters. The second-order valence-corrected chi connectivity index (χ2v) is 4.61. The first-order valence-corrected chi connectivity index (χ1v) is 6.24. The molecule has 0 saturated carbocycles. The number of fused-ring (bicyclic) bond motifs is 1. The van der Waals surface area contributed by atoms with Crippen LogP contribution in [0.5, 0.6) is 5.75 Å². The summed E-state index contributed by atoms with van der Waals surface area (Å²) in [4.78, 5) is 4.32. The molecule has 1 aliphatic heterocycles. The van der Waals surface area contributed by atoms with Crippen LogP contribution in [0.4, 0.5) is 5.82 Å². The number of aromatic nitrogens is 1. The van der Waals surface area contributed by atoms with Crippen LogP contribution in [-0.4, -0.2) is 11.6 Å². The molecule has 3 nitrogen and oxygen atoms in total. The highest BCUT2D eigenvalue weighted by atomic mass is 16.5. The molecular weight excluding hydrogens is 224 g/mol. The molecule has 0 amide bonds. The lowest BCUT2D eigenvalue weighted by molar-refractivity contribution is 0.289. The van der Waals surface area contributed by atoms with Crippen molar-refractivity contribution in [1.29, 1.82) is 0 Å². The number of hydrogen-bond acceptors (Lipinski definition) is 3. The fourth-order valence-electron chi connectivity index (χ4n) is 2.47. The van der Waals surface area contributed by atoms with Crippen LogP contribution in [0.2, 0.25) is 0 Å². The van der Waals surface area contributed by atoms with Gasteiger partial charge in [0, 0.05) is 16.8 Å². The monoisotopic (exact) mass is 240 g/mol. The van der Waals surface area contributed by atoms with E-state index in [2.05, 4.69) is 23.2 Å². The van der Waals surface area contributed by atoms with Gasteiger partial charge in [-0.1, -0.05) is 18.2 Å². The number of nitrogen functional groups attached to an aromatic ring is 1. The van der Waals surface area contributed by atoms with Gasteiger partial charge in [0.15, 0.2) is 0 Å². The van der Waals surface area contributed by atoms with Crippen molar-refractivity contribution in [1.82, 2.24) is 4.98 Å². The summed E-state index contributed by atoms with van der Waals surface area (Å²) >= 11 is 0. The van der Waals surface area contributed by atoms with E-state index in [9.17, 15) is 0 Å². The molecular formula is C15H16N2O. The normalized spacial score (nSPS) is 13.8.